The number of benzene rings is 4. The van der Waals surface area contributed by atoms with Gasteiger partial charge in [0.15, 0.2) is 0 Å². The maximum absolute atomic E-state index is 14.2. The Labute approximate surface area is 407 Å². The summed E-state index contributed by atoms with van der Waals surface area (Å²) in [5.74, 6) is 0. The van der Waals surface area contributed by atoms with Gasteiger partial charge in [-0.05, 0) is 36.4 Å². The molecule has 0 unspecified atom stereocenters. The highest BCUT2D eigenvalue weighted by Crippen LogP contribution is 2.41. The van der Waals surface area contributed by atoms with Gasteiger partial charge in [-0.25, -0.2) is 0 Å². The summed E-state index contributed by atoms with van der Waals surface area (Å²) in [7, 11) is 0. The zero-order valence-electron chi connectivity index (χ0n) is 34.6. The zero-order chi connectivity index (χ0) is 54.6. The summed E-state index contributed by atoms with van der Waals surface area (Å²) < 4.78 is 344. The lowest BCUT2D eigenvalue weighted by Crippen LogP contribution is -3.61. The van der Waals surface area contributed by atoms with Crippen LogP contribution in [0.5, 0.6) is 0 Å². The number of hydrogen-bond acceptors (Lipinski definition) is 2. The van der Waals surface area contributed by atoms with E-state index in [0.29, 0.717) is 0 Å². The van der Waals surface area contributed by atoms with Gasteiger partial charge in [0.1, 0.15) is 6.15 Å². The molecular weight excluding hydrogens is 1190 g/mol. The van der Waals surface area contributed by atoms with E-state index in [1.165, 1.54) is 15.5 Å². The fourth-order valence-corrected chi connectivity index (χ4v) is 13.3. The quantitative estimate of drug-likeness (QED) is 0.0809. The molecule has 4 aromatic carbocycles. The molecule has 28 heteroatoms. The van der Waals surface area contributed by atoms with Crippen molar-refractivity contribution in [2.24, 2.45) is 0 Å². The van der Waals surface area contributed by atoms with Gasteiger partial charge in [0.25, 0.3) is 0 Å². The Kier molecular flexibility index (Phi) is 16.0. The largest absolute Gasteiger partial charge is 0.416 e. The van der Waals surface area contributed by atoms with Gasteiger partial charge in [-0.3, -0.25) is 0 Å². The first-order chi connectivity index (χ1) is 32.6. The van der Waals surface area contributed by atoms with E-state index in [9.17, 15) is 105 Å². The van der Waals surface area contributed by atoms with Crippen LogP contribution >= 0.6 is 22.7 Å². The second-order valence-corrected chi connectivity index (χ2v) is 21.6. The van der Waals surface area contributed by atoms with Crippen LogP contribution in [0, 0.1) is 5.77 Å². The van der Waals surface area contributed by atoms with Crippen LogP contribution in [0.4, 0.5) is 105 Å². The second kappa shape index (κ2) is 20.0. The molecule has 0 radical (unpaired) electrons. The van der Waals surface area contributed by atoms with Gasteiger partial charge in [-0.2, -0.15) is 127 Å². The lowest BCUT2D eigenvalue weighted by molar-refractivity contribution is -0.585. The molecule has 0 aliphatic carbocycles. The van der Waals surface area contributed by atoms with Crippen molar-refractivity contribution < 1.29 is 127 Å². The first-order valence-electron chi connectivity index (χ1n) is 19.0. The van der Waals surface area contributed by atoms with Crippen molar-refractivity contribution in [1.82, 2.24) is 0 Å². The maximum atomic E-state index is 14.2. The van der Waals surface area contributed by atoms with E-state index in [1.54, 1.807) is 0 Å². The van der Waals surface area contributed by atoms with Crippen LogP contribution in [0.1, 0.15) is 54.3 Å². The predicted molar refractivity (Wildman–Crippen MR) is 216 cm³/mol. The topological polar surface area (TPSA) is 0 Å². The fourth-order valence-electron chi connectivity index (χ4n) is 7.14. The van der Waals surface area contributed by atoms with Gasteiger partial charge >= 0.3 is 70.6 Å². The molecule has 0 N–H and O–H groups in total. The van der Waals surface area contributed by atoms with Crippen molar-refractivity contribution in [1.29, 1.82) is 0 Å². The summed E-state index contributed by atoms with van der Waals surface area (Å²) in [6.07, 6.45) is -51.0. The molecule has 0 bridgehead atoms. The van der Waals surface area contributed by atoms with Crippen molar-refractivity contribution in [2.45, 2.75) is 49.4 Å². The molecule has 0 atom stereocenters. The molecule has 388 valence electrons. The Morgan fingerprint density at radius 2 is 0.486 bits per heavy atom. The average molecular weight is 1210 g/mol. The summed E-state index contributed by atoms with van der Waals surface area (Å²) in [6, 6.07) is -0.0663. The molecule has 0 aliphatic rings. The molecule has 0 nitrogen and oxygen atoms in total. The van der Waals surface area contributed by atoms with Crippen LogP contribution in [0.2, 0.25) is 0 Å². The smallest absolute Gasteiger partial charge is 0.194 e. The molecule has 0 saturated carbocycles. The van der Waals surface area contributed by atoms with Gasteiger partial charge in [-0.15, -0.1) is 0 Å². The van der Waals surface area contributed by atoms with Gasteiger partial charge in [0, 0.05) is 21.9 Å². The van der Waals surface area contributed by atoms with Gasteiger partial charge in [0.2, 0.25) is 5.77 Å². The van der Waals surface area contributed by atoms with E-state index in [-0.39, 0.29) is 21.2 Å². The van der Waals surface area contributed by atoms with Crippen LogP contribution in [0.3, 0.4) is 0 Å². The Hall–Kier alpha value is -5.13. The normalized spacial score (nSPS) is 13.4. The number of rotatable bonds is 8. The maximum Gasteiger partial charge on any atom is 0.416 e. The van der Waals surface area contributed by atoms with Crippen molar-refractivity contribution in [3.63, 3.8) is 0 Å². The molecule has 0 spiro atoms. The zero-order valence-corrected chi connectivity index (χ0v) is 38.4. The predicted octanol–water partition coefficient (Wildman–Crippen LogP) is 12.4. The summed E-state index contributed by atoms with van der Waals surface area (Å²) in [6.45, 7) is 7.56. The molecule has 0 amide bonds. The first kappa shape index (κ1) is 57.8. The van der Waals surface area contributed by atoms with Crippen LogP contribution in [-0.2, 0) is 49.4 Å². The van der Waals surface area contributed by atoms with Gasteiger partial charge in [0.05, 0.1) is 44.5 Å². The minimum absolute atomic E-state index is 0.000385. The van der Waals surface area contributed by atoms with E-state index in [4.69, 9.17) is 0 Å². The summed E-state index contributed by atoms with van der Waals surface area (Å²) >= 11 is 3.71. The highest BCUT2D eigenvalue weighted by molar-refractivity contribution is 7.20. The number of thiophene rings is 2. The number of hydrogen-bond donors (Lipinski definition) is 0. The average Bonchev–Trinajstić information content (AvgIpc) is 3.91. The Bertz CT molecular complexity index is 2460. The highest BCUT2D eigenvalue weighted by atomic mass is 127. The summed E-state index contributed by atoms with van der Waals surface area (Å²) in [4.78, 5) is 2.54. The molecule has 72 heavy (non-hydrogen) atoms. The minimum Gasteiger partial charge on any atom is -0.194 e. The molecule has 2 heterocycles. The van der Waals surface area contributed by atoms with E-state index >= 15 is 0 Å². The Morgan fingerprint density at radius 1 is 0.306 bits per heavy atom. The highest BCUT2D eigenvalue weighted by Gasteiger charge is 2.47. The van der Waals surface area contributed by atoms with E-state index in [2.05, 4.69) is 37.4 Å². The molecule has 0 fully saturated rings. The number of alkyl halides is 24. The number of halogens is 25. The molecule has 6 aromatic rings. The van der Waals surface area contributed by atoms with Crippen molar-refractivity contribution in [3.8, 4) is 0 Å². The molecular formula is C44H22BF24IS2. The third-order valence-electron chi connectivity index (χ3n) is 10.2. The third kappa shape index (κ3) is 13.3. The summed E-state index contributed by atoms with van der Waals surface area (Å²) in [5, 5.41) is 0. The minimum atomic E-state index is -6.13. The van der Waals surface area contributed by atoms with E-state index in [1.807, 2.05) is 34.8 Å². The Balaban J connectivity index is 0.000000542. The van der Waals surface area contributed by atoms with Gasteiger partial charge in [-0.1, -0.05) is 96.5 Å². The third-order valence-corrected chi connectivity index (χ3v) is 16.1. The molecule has 6 rings (SSSR count). The van der Waals surface area contributed by atoms with Gasteiger partial charge < -0.3 is 0 Å². The summed E-state index contributed by atoms with van der Waals surface area (Å²) in [5.41, 5.74) is -30.2. The van der Waals surface area contributed by atoms with Crippen molar-refractivity contribution in [2.75, 3.05) is 0 Å². The van der Waals surface area contributed by atoms with Crippen LogP contribution < -0.4 is 43.1 Å². The monoisotopic (exact) mass is 1210 g/mol. The molecule has 0 saturated heterocycles. The van der Waals surface area contributed by atoms with Crippen molar-refractivity contribution in [3.05, 3.63) is 170 Å². The molecule has 2 aromatic heterocycles. The van der Waals surface area contributed by atoms with Crippen molar-refractivity contribution >= 4 is 62.8 Å². The van der Waals surface area contributed by atoms with E-state index in [0.717, 1.165) is 0 Å². The lowest BCUT2D eigenvalue weighted by atomic mass is 9.12. The van der Waals surface area contributed by atoms with Crippen LogP contribution in [0.15, 0.2) is 110 Å². The Morgan fingerprint density at radius 3 is 0.625 bits per heavy atom. The van der Waals surface area contributed by atoms with Crippen LogP contribution in [0.25, 0.3) is 12.2 Å². The second-order valence-electron chi connectivity index (χ2n) is 15.0. The SMILES string of the molecule is C=Cc1ccc([I+]c2ccc(C=C)s2)s1.FC(F)(F)c1cc([B-](c2cc(C(F)(F)F)cc(C(F)(F)F)c2)(c2cc(C(F)(F)F)cc(C(F)(F)F)c2)c2cc(C(F)(F)F)cc(C(F)(F)F)c2)cc(C(F)(F)F)c1. The fraction of sp³-hybridized carbons (Fsp3) is 0.182. The standard InChI is InChI=1S/C32H12BF24.C12H10IS2/c34-25(35,36)13-1-14(26(37,38)39)6-21(5-13)33(22-7-15(27(40,41)42)2-16(8-22)28(43,44)45,23-9-17(29(46,47)48)3-18(10-23)30(49,50)51)24-11-19(31(52,53)54)4-20(12-24)32(55,56)57;1-3-9-5-7-11(14-9)13-12-8-6-10(4-2)15-12/h1-12H;3-8H,1-2H2/q-1;+1. The lowest BCUT2D eigenvalue weighted by Gasteiger charge is -2.46. The van der Waals surface area contributed by atoms with E-state index < -0.39 is 195 Å². The first-order valence-corrected chi connectivity index (χ1v) is 22.8. The van der Waals surface area contributed by atoms with Crippen LogP contribution in [-0.4, -0.2) is 6.15 Å². The molecule has 0 aliphatic heterocycles.